The molecule has 0 aliphatic carbocycles. The molecule has 0 atom stereocenters. The Morgan fingerprint density at radius 3 is 2.43 bits per heavy atom. The lowest BCUT2D eigenvalue weighted by molar-refractivity contribution is 0.293. The van der Waals surface area contributed by atoms with Crippen LogP contribution in [0, 0.1) is 6.92 Å². The maximum atomic E-state index is 10.4. The van der Waals surface area contributed by atoms with Gasteiger partial charge in [0.25, 0.3) is 0 Å². The van der Waals surface area contributed by atoms with Crippen molar-refractivity contribution < 1.29 is 9.94 Å². The Kier molecular flexibility index (Phi) is 4.07. The molecule has 1 aromatic heterocycles. The van der Waals surface area contributed by atoms with E-state index in [9.17, 15) is 5.21 Å². The second-order valence-electron chi connectivity index (χ2n) is 4.98. The maximum absolute atomic E-state index is 10.4. The number of ether oxygens (including phenoxy) is 1. The summed E-state index contributed by atoms with van der Waals surface area (Å²) < 4.78 is 5.78. The Labute approximate surface area is 133 Å². The number of aromatic nitrogens is 2. The number of rotatable bonds is 4. The molecule has 6 nitrogen and oxygen atoms in total. The lowest BCUT2D eigenvalue weighted by Crippen LogP contribution is -2.14. The number of aryl methyl sites for hydroxylation is 1. The number of nitrogens with zero attached hydrogens (tertiary/aromatic N) is 3. The number of para-hydroxylation sites is 1. The monoisotopic (exact) mass is 308 g/mol. The molecule has 23 heavy (non-hydrogen) atoms. The van der Waals surface area contributed by atoms with Gasteiger partial charge >= 0.3 is 0 Å². The van der Waals surface area contributed by atoms with Crippen molar-refractivity contribution in [1.29, 1.82) is 0 Å². The third-order valence-corrected chi connectivity index (χ3v) is 3.21. The lowest BCUT2D eigenvalue weighted by atomic mass is 10.2. The van der Waals surface area contributed by atoms with Gasteiger partial charge in [0.2, 0.25) is 11.8 Å². The first-order valence-corrected chi connectivity index (χ1v) is 7.04. The highest BCUT2D eigenvalue weighted by Gasteiger charge is 2.16. The predicted molar refractivity (Wildman–Crippen MR) is 88.1 cm³/mol. The topological polar surface area (TPSA) is 84.5 Å². The molecular weight excluding hydrogens is 292 g/mol. The van der Waals surface area contributed by atoms with Gasteiger partial charge in [-0.05, 0) is 31.2 Å². The SMILES string of the molecule is Cc1ccc(Oc2cnc(N)nc2N(O)c2ccccc2)cc1. The number of hydrogen-bond acceptors (Lipinski definition) is 6. The molecule has 2 aromatic carbocycles. The first-order valence-electron chi connectivity index (χ1n) is 7.04. The van der Waals surface area contributed by atoms with Gasteiger partial charge in [0.1, 0.15) is 5.75 Å². The Hall–Kier alpha value is -3.12. The summed E-state index contributed by atoms with van der Waals surface area (Å²) in [6.45, 7) is 1.99. The summed E-state index contributed by atoms with van der Waals surface area (Å²) in [5, 5.41) is 11.3. The molecule has 0 saturated heterocycles. The van der Waals surface area contributed by atoms with Crippen molar-refractivity contribution in [2.24, 2.45) is 0 Å². The normalized spacial score (nSPS) is 10.3. The van der Waals surface area contributed by atoms with Crippen molar-refractivity contribution in [3.8, 4) is 11.5 Å². The second kappa shape index (κ2) is 6.33. The summed E-state index contributed by atoms with van der Waals surface area (Å²) in [6.07, 6.45) is 1.43. The highest BCUT2D eigenvalue weighted by molar-refractivity contribution is 5.63. The molecule has 116 valence electrons. The van der Waals surface area contributed by atoms with Crippen LogP contribution < -0.4 is 15.5 Å². The lowest BCUT2D eigenvalue weighted by Gasteiger charge is -2.19. The molecule has 0 unspecified atom stereocenters. The fourth-order valence-electron chi connectivity index (χ4n) is 2.02. The average molecular weight is 308 g/mol. The van der Waals surface area contributed by atoms with Crippen LogP contribution in [0.25, 0.3) is 0 Å². The molecular formula is C17H16N4O2. The minimum Gasteiger partial charge on any atom is -0.452 e. The highest BCUT2D eigenvalue weighted by atomic mass is 16.5. The van der Waals surface area contributed by atoms with Crippen LogP contribution in [0.1, 0.15) is 5.56 Å². The van der Waals surface area contributed by atoms with Crippen molar-refractivity contribution in [1.82, 2.24) is 9.97 Å². The van der Waals surface area contributed by atoms with Gasteiger partial charge in [-0.3, -0.25) is 5.21 Å². The number of nitrogen functional groups attached to an aromatic ring is 1. The van der Waals surface area contributed by atoms with Crippen LogP contribution in [0.3, 0.4) is 0 Å². The zero-order chi connectivity index (χ0) is 16.2. The number of benzene rings is 2. The van der Waals surface area contributed by atoms with Gasteiger partial charge in [-0.2, -0.15) is 4.98 Å². The quantitative estimate of drug-likeness (QED) is 0.715. The summed E-state index contributed by atoms with van der Waals surface area (Å²) in [4.78, 5) is 8.01. The molecule has 0 aliphatic rings. The molecule has 1 heterocycles. The molecule has 0 radical (unpaired) electrons. The van der Waals surface area contributed by atoms with E-state index in [4.69, 9.17) is 10.5 Å². The molecule has 3 rings (SSSR count). The van der Waals surface area contributed by atoms with Crippen molar-refractivity contribution in [3.63, 3.8) is 0 Å². The van der Waals surface area contributed by atoms with Gasteiger partial charge in [0.15, 0.2) is 5.75 Å². The van der Waals surface area contributed by atoms with E-state index in [0.29, 0.717) is 17.2 Å². The number of nitrogens with two attached hydrogens (primary N) is 1. The summed E-state index contributed by atoms with van der Waals surface area (Å²) >= 11 is 0. The molecule has 6 heteroatoms. The van der Waals surface area contributed by atoms with Crippen molar-refractivity contribution in [3.05, 3.63) is 66.4 Å². The van der Waals surface area contributed by atoms with Crippen LogP contribution in [0.4, 0.5) is 17.5 Å². The number of anilines is 3. The zero-order valence-electron chi connectivity index (χ0n) is 12.5. The van der Waals surface area contributed by atoms with Gasteiger partial charge in [-0.25, -0.2) is 10.0 Å². The Morgan fingerprint density at radius 1 is 1.04 bits per heavy atom. The first-order chi connectivity index (χ1) is 11.1. The van der Waals surface area contributed by atoms with Crippen LogP contribution in [-0.4, -0.2) is 15.2 Å². The van der Waals surface area contributed by atoms with Gasteiger partial charge in [0.05, 0.1) is 11.9 Å². The fourth-order valence-corrected chi connectivity index (χ4v) is 2.02. The van der Waals surface area contributed by atoms with E-state index in [1.165, 1.54) is 6.20 Å². The first kappa shape index (κ1) is 14.8. The van der Waals surface area contributed by atoms with E-state index >= 15 is 0 Å². The van der Waals surface area contributed by atoms with Crippen LogP contribution in [0.2, 0.25) is 0 Å². The third-order valence-electron chi connectivity index (χ3n) is 3.21. The van der Waals surface area contributed by atoms with Crippen molar-refractivity contribution in [2.45, 2.75) is 6.92 Å². The molecule has 0 aliphatic heterocycles. The van der Waals surface area contributed by atoms with Crippen LogP contribution in [0.5, 0.6) is 11.5 Å². The van der Waals surface area contributed by atoms with Crippen molar-refractivity contribution in [2.75, 3.05) is 10.8 Å². The average Bonchev–Trinajstić information content (AvgIpc) is 2.58. The van der Waals surface area contributed by atoms with E-state index in [1.54, 1.807) is 12.1 Å². The van der Waals surface area contributed by atoms with Crippen LogP contribution in [0.15, 0.2) is 60.8 Å². The highest BCUT2D eigenvalue weighted by Crippen LogP contribution is 2.33. The molecule has 3 aromatic rings. The van der Waals surface area contributed by atoms with Crippen molar-refractivity contribution >= 4 is 17.5 Å². The summed E-state index contributed by atoms with van der Waals surface area (Å²) in [5.41, 5.74) is 7.31. The minimum absolute atomic E-state index is 0.0474. The van der Waals surface area contributed by atoms with Crippen LogP contribution in [-0.2, 0) is 0 Å². The zero-order valence-corrected chi connectivity index (χ0v) is 12.5. The van der Waals surface area contributed by atoms with Gasteiger partial charge in [-0.15, -0.1) is 0 Å². The molecule has 0 spiro atoms. The largest absolute Gasteiger partial charge is 0.452 e. The van der Waals surface area contributed by atoms with Gasteiger partial charge < -0.3 is 10.5 Å². The van der Waals surface area contributed by atoms with Gasteiger partial charge in [-0.1, -0.05) is 35.9 Å². The molecule has 0 bridgehead atoms. The smallest absolute Gasteiger partial charge is 0.222 e. The molecule has 0 amide bonds. The van der Waals surface area contributed by atoms with E-state index < -0.39 is 0 Å². The molecule has 0 fully saturated rings. The Morgan fingerprint density at radius 2 is 1.74 bits per heavy atom. The second-order valence-corrected chi connectivity index (χ2v) is 4.98. The van der Waals surface area contributed by atoms with E-state index in [-0.39, 0.29) is 11.8 Å². The van der Waals surface area contributed by atoms with E-state index in [2.05, 4.69) is 9.97 Å². The van der Waals surface area contributed by atoms with E-state index in [1.807, 2.05) is 49.4 Å². The predicted octanol–water partition coefficient (Wildman–Crippen LogP) is 3.69. The van der Waals surface area contributed by atoms with E-state index in [0.717, 1.165) is 10.6 Å². The maximum Gasteiger partial charge on any atom is 0.222 e. The van der Waals surface area contributed by atoms with Crippen LogP contribution >= 0.6 is 0 Å². The summed E-state index contributed by atoms with van der Waals surface area (Å²) in [5.74, 6) is 1.14. The summed E-state index contributed by atoms with van der Waals surface area (Å²) in [6, 6.07) is 16.5. The molecule has 0 saturated carbocycles. The standard InChI is InChI=1S/C17H16N4O2/c1-12-7-9-14(10-8-12)23-15-11-19-17(18)20-16(15)21(22)13-5-3-2-4-6-13/h2-11,22H,1H3,(H2,18,19,20). The Balaban J connectivity index is 1.96. The summed E-state index contributed by atoms with van der Waals surface area (Å²) in [7, 11) is 0. The third kappa shape index (κ3) is 3.38. The number of hydrogen-bond donors (Lipinski definition) is 2. The van der Waals surface area contributed by atoms with Gasteiger partial charge in [0, 0.05) is 0 Å². The molecule has 3 N–H and O–H groups in total. The fraction of sp³-hybridized carbons (Fsp3) is 0.0588. The Bertz CT molecular complexity index is 791. The minimum atomic E-state index is 0.0474.